The van der Waals surface area contributed by atoms with Crippen LogP contribution in [0.4, 0.5) is 11.5 Å². The van der Waals surface area contributed by atoms with Gasteiger partial charge in [-0.15, -0.1) is 0 Å². The molecular formula is C15H15N5. The van der Waals surface area contributed by atoms with Crippen molar-refractivity contribution in [3.8, 4) is 5.82 Å². The monoisotopic (exact) mass is 265 g/mol. The summed E-state index contributed by atoms with van der Waals surface area (Å²) in [6.45, 7) is 3.97. The second kappa shape index (κ2) is 5.13. The van der Waals surface area contributed by atoms with Crippen molar-refractivity contribution >= 4 is 11.5 Å². The zero-order valence-corrected chi connectivity index (χ0v) is 11.4. The van der Waals surface area contributed by atoms with Crippen molar-refractivity contribution in [1.82, 2.24) is 19.7 Å². The van der Waals surface area contributed by atoms with E-state index in [0.717, 1.165) is 28.7 Å². The van der Waals surface area contributed by atoms with E-state index in [-0.39, 0.29) is 0 Å². The molecule has 3 aromatic rings. The average Bonchev–Trinajstić information content (AvgIpc) is 2.79. The normalized spacial score (nSPS) is 10.5. The van der Waals surface area contributed by atoms with Crippen LogP contribution in [0.2, 0.25) is 0 Å². The van der Waals surface area contributed by atoms with E-state index in [1.165, 1.54) is 6.33 Å². The number of rotatable bonds is 3. The summed E-state index contributed by atoms with van der Waals surface area (Å²) >= 11 is 0. The highest BCUT2D eigenvalue weighted by Crippen LogP contribution is 2.16. The zero-order valence-electron chi connectivity index (χ0n) is 11.4. The van der Waals surface area contributed by atoms with Crippen molar-refractivity contribution in [3.63, 3.8) is 0 Å². The first-order chi connectivity index (χ1) is 9.72. The molecule has 2 aromatic heterocycles. The summed E-state index contributed by atoms with van der Waals surface area (Å²) in [5.41, 5.74) is 3.01. The summed E-state index contributed by atoms with van der Waals surface area (Å²) < 4.78 is 1.81. The molecule has 3 rings (SSSR count). The largest absolute Gasteiger partial charge is 0.340 e. The van der Waals surface area contributed by atoms with Crippen molar-refractivity contribution in [2.24, 2.45) is 0 Å². The third-order valence-electron chi connectivity index (χ3n) is 2.93. The average molecular weight is 265 g/mol. The minimum absolute atomic E-state index is 0.744. The summed E-state index contributed by atoms with van der Waals surface area (Å²) in [7, 11) is 0. The first kappa shape index (κ1) is 12.3. The number of hydrogen-bond acceptors (Lipinski definition) is 4. The maximum atomic E-state index is 4.43. The summed E-state index contributed by atoms with van der Waals surface area (Å²) in [6, 6.07) is 13.8. The summed E-state index contributed by atoms with van der Waals surface area (Å²) in [6.07, 6.45) is 1.54. The Bertz CT molecular complexity index is 718. The van der Waals surface area contributed by atoms with Gasteiger partial charge in [-0.3, -0.25) is 0 Å². The zero-order chi connectivity index (χ0) is 13.9. The highest BCUT2D eigenvalue weighted by atomic mass is 15.3. The van der Waals surface area contributed by atoms with Gasteiger partial charge in [0.15, 0.2) is 5.82 Å². The van der Waals surface area contributed by atoms with Gasteiger partial charge in [0, 0.05) is 17.4 Å². The molecule has 1 N–H and O–H groups in total. The standard InChI is InChI=1S/C15H15N5/c1-11-8-12(2)20(19-11)15-9-14(16-10-17-15)18-13-6-4-3-5-7-13/h3-10H,1-2H3,(H,16,17,18). The fourth-order valence-corrected chi connectivity index (χ4v) is 2.06. The lowest BCUT2D eigenvalue weighted by Crippen LogP contribution is -2.04. The van der Waals surface area contributed by atoms with Gasteiger partial charge in [-0.25, -0.2) is 14.6 Å². The van der Waals surface area contributed by atoms with Gasteiger partial charge in [0.2, 0.25) is 0 Å². The van der Waals surface area contributed by atoms with E-state index in [1.54, 1.807) is 0 Å². The molecule has 0 saturated heterocycles. The first-order valence-electron chi connectivity index (χ1n) is 6.40. The number of nitrogens with zero attached hydrogens (tertiary/aromatic N) is 4. The Morgan fingerprint density at radius 3 is 2.50 bits per heavy atom. The molecule has 1 aromatic carbocycles. The molecular weight excluding hydrogens is 250 g/mol. The molecule has 5 heteroatoms. The lowest BCUT2D eigenvalue weighted by atomic mass is 10.3. The summed E-state index contributed by atoms with van der Waals surface area (Å²) in [5.74, 6) is 1.50. The number of benzene rings is 1. The van der Waals surface area contributed by atoms with E-state index in [2.05, 4.69) is 20.4 Å². The molecule has 0 aliphatic rings. The smallest absolute Gasteiger partial charge is 0.159 e. The van der Waals surface area contributed by atoms with Crippen LogP contribution >= 0.6 is 0 Å². The Labute approximate surface area is 117 Å². The predicted octanol–water partition coefficient (Wildman–Crippen LogP) is 3.02. The minimum atomic E-state index is 0.744. The second-order valence-electron chi connectivity index (χ2n) is 4.59. The Hall–Kier alpha value is -2.69. The molecule has 0 aliphatic heterocycles. The third-order valence-corrected chi connectivity index (χ3v) is 2.93. The fraction of sp³-hybridized carbons (Fsp3) is 0.133. The molecule has 0 saturated carbocycles. The lowest BCUT2D eigenvalue weighted by molar-refractivity contribution is 0.801. The van der Waals surface area contributed by atoms with Crippen molar-refractivity contribution in [3.05, 3.63) is 60.2 Å². The molecule has 0 radical (unpaired) electrons. The maximum absolute atomic E-state index is 4.43. The van der Waals surface area contributed by atoms with Crippen LogP contribution in [0.5, 0.6) is 0 Å². The minimum Gasteiger partial charge on any atom is -0.340 e. The van der Waals surface area contributed by atoms with E-state index >= 15 is 0 Å². The van der Waals surface area contributed by atoms with E-state index in [0.29, 0.717) is 0 Å². The van der Waals surface area contributed by atoms with Crippen molar-refractivity contribution in [2.45, 2.75) is 13.8 Å². The van der Waals surface area contributed by atoms with Gasteiger partial charge >= 0.3 is 0 Å². The van der Waals surface area contributed by atoms with Crippen LogP contribution in [0.15, 0.2) is 48.8 Å². The topological polar surface area (TPSA) is 55.6 Å². The summed E-state index contributed by atoms with van der Waals surface area (Å²) in [4.78, 5) is 8.51. The van der Waals surface area contributed by atoms with Crippen LogP contribution in [0.1, 0.15) is 11.4 Å². The number of aromatic nitrogens is 4. The molecule has 5 nitrogen and oxygen atoms in total. The number of nitrogens with one attached hydrogen (secondary N) is 1. The molecule has 0 fully saturated rings. The van der Waals surface area contributed by atoms with Gasteiger partial charge < -0.3 is 5.32 Å². The second-order valence-corrected chi connectivity index (χ2v) is 4.59. The quantitative estimate of drug-likeness (QED) is 0.791. The van der Waals surface area contributed by atoms with Gasteiger partial charge in [0.05, 0.1) is 5.69 Å². The lowest BCUT2D eigenvalue weighted by Gasteiger charge is -2.07. The molecule has 0 atom stereocenters. The van der Waals surface area contributed by atoms with E-state index in [1.807, 2.05) is 61.0 Å². The third kappa shape index (κ3) is 2.51. The van der Waals surface area contributed by atoms with Gasteiger partial charge in [-0.05, 0) is 32.0 Å². The molecule has 0 spiro atoms. The Morgan fingerprint density at radius 2 is 1.80 bits per heavy atom. The number of para-hydroxylation sites is 1. The number of anilines is 2. The van der Waals surface area contributed by atoms with E-state index in [4.69, 9.17) is 0 Å². The van der Waals surface area contributed by atoms with Gasteiger partial charge in [0.1, 0.15) is 12.1 Å². The van der Waals surface area contributed by atoms with Crippen LogP contribution in [-0.4, -0.2) is 19.7 Å². The van der Waals surface area contributed by atoms with Crippen LogP contribution in [0.3, 0.4) is 0 Å². The van der Waals surface area contributed by atoms with Gasteiger partial charge in [0.25, 0.3) is 0 Å². The van der Waals surface area contributed by atoms with Crippen LogP contribution in [0, 0.1) is 13.8 Å². The maximum Gasteiger partial charge on any atom is 0.159 e. The molecule has 2 heterocycles. The molecule has 0 bridgehead atoms. The Kier molecular flexibility index (Phi) is 3.16. The molecule has 0 aliphatic carbocycles. The first-order valence-corrected chi connectivity index (χ1v) is 6.40. The Balaban J connectivity index is 1.92. The van der Waals surface area contributed by atoms with Gasteiger partial charge in [-0.2, -0.15) is 5.10 Å². The predicted molar refractivity (Wildman–Crippen MR) is 78.4 cm³/mol. The fourth-order valence-electron chi connectivity index (χ4n) is 2.06. The van der Waals surface area contributed by atoms with Crippen LogP contribution in [0.25, 0.3) is 5.82 Å². The number of aryl methyl sites for hydroxylation is 2. The van der Waals surface area contributed by atoms with E-state index in [9.17, 15) is 0 Å². The highest BCUT2D eigenvalue weighted by Gasteiger charge is 2.06. The highest BCUT2D eigenvalue weighted by molar-refractivity contribution is 5.56. The van der Waals surface area contributed by atoms with E-state index < -0.39 is 0 Å². The van der Waals surface area contributed by atoms with Crippen molar-refractivity contribution in [1.29, 1.82) is 0 Å². The molecule has 0 unspecified atom stereocenters. The Morgan fingerprint density at radius 1 is 1.00 bits per heavy atom. The molecule has 20 heavy (non-hydrogen) atoms. The molecule has 0 amide bonds. The van der Waals surface area contributed by atoms with Crippen molar-refractivity contribution in [2.75, 3.05) is 5.32 Å². The summed E-state index contributed by atoms with van der Waals surface area (Å²) in [5, 5.41) is 7.68. The number of hydrogen-bond donors (Lipinski definition) is 1. The van der Waals surface area contributed by atoms with Crippen LogP contribution < -0.4 is 5.32 Å². The van der Waals surface area contributed by atoms with Crippen LogP contribution in [-0.2, 0) is 0 Å². The van der Waals surface area contributed by atoms with Gasteiger partial charge in [-0.1, -0.05) is 18.2 Å². The van der Waals surface area contributed by atoms with Crippen molar-refractivity contribution < 1.29 is 0 Å². The molecule has 100 valence electrons. The SMILES string of the molecule is Cc1cc(C)n(-c2cc(Nc3ccccc3)ncn2)n1.